The number of nitrogens with zero attached hydrogens (tertiary/aromatic N) is 1. The van der Waals surface area contributed by atoms with E-state index < -0.39 is 16.4 Å². The first kappa shape index (κ1) is 14.6. The molecule has 2 aromatic carbocycles. The Kier molecular flexibility index (Phi) is 3.04. The highest BCUT2D eigenvalue weighted by molar-refractivity contribution is 7.87. The van der Waals surface area contributed by atoms with Gasteiger partial charge in [0.1, 0.15) is 11.0 Å². The summed E-state index contributed by atoms with van der Waals surface area (Å²) in [7, 11) is -1.15. The summed E-state index contributed by atoms with van der Waals surface area (Å²) >= 11 is 0. The van der Waals surface area contributed by atoms with E-state index in [2.05, 4.69) is 38.1 Å². The van der Waals surface area contributed by atoms with Gasteiger partial charge in [-0.3, -0.25) is 4.21 Å². The Hall–Kier alpha value is -1.94. The van der Waals surface area contributed by atoms with Gasteiger partial charge in [-0.25, -0.2) is 0 Å². The number of benzene rings is 2. The number of aryl methyl sites for hydroxylation is 3. The molecule has 3 atom stereocenters. The maximum Gasteiger partial charge on any atom is 0.181 e. The maximum absolute atomic E-state index is 13.1. The summed E-state index contributed by atoms with van der Waals surface area (Å²) in [5, 5.41) is 4.14. The van der Waals surface area contributed by atoms with Gasteiger partial charge in [0, 0.05) is 16.0 Å². The Morgan fingerprint density at radius 1 is 1.13 bits per heavy atom. The van der Waals surface area contributed by atoms with Gasteiger partial charge < -0.3 is 4.84 Å². The van der Waals surface area contributed by atoms with Crippen LogP contribution in [0.4, 0.5) is 0 Å². The van der Waals surface area contributed by atoms with Gasteiger partial charge in [0.25, 0.3) is 0 Å². The van der Waals surface area contributed by atoms with Crippen molar-refractivity contribution < 1.29 is 9.05 Å². The van der Waals surface area contributed by atoms with Crippen molar-refractivity contribution in [3.63, 3.8) is 0 Å². The van der Waals surface area contributed by atoms with Crippen LogP contribution in [0, 0.1) is 20.8 Å². The van der Waals surface area contributed by atoms with E-state index in [-0.39, 0.29) is 5.25 Å². The largest absolute Gasteiger partial charge is 0.383 e. The van der Waals surface area contributed by atoms with Gasteiger partial charge >= 0.3 is 0 Å². The molecule has 2 aromatic rings. The molecule has 0 fully saturated rings. The third-order valence-corrected chi connectivity index (χ3v) is 6.76. The smallest absolute Gasteiger partial charge is 0.181 e. The highest BCUT2D eigenvalue weighted by Crippen LogP contribution is 2.48. The molecule has 23 heavy (non-hydrogen) atoms. The van der Waals surface area contributed by atoms with Crippen LogP contribution in [0.25, 0.3) is 0 Å². The first-order valence-electron chi connectivity index (χ1n) is 7.78. The molecule has 118 valence electrons. The minimum Gasteiger partial charge on any atom is -0.383 e. The van der Waals surface area contributed by atoms with E-state index in [4.69, 9.17) is 4.84 Å². The van der Waals surface area contributed by atoms with Crippen LogP contribution in [-0.4, -0.2) is 15.2 Å². The van der Waals surface area contributed by atoms with Crippen LogP contribution >= 0.6 is 0 Å². The molecule has 2 aliphatic heterocycles. The molecule has 0 aliphatic carbocycles. The zero-order valence-corrected chi connectivity index (χ0v) is 14.5. The number of hydrogen-bond donors (Lipinski definition) is 0. The average Bonchev–Trinajstić information content (AvgIpc) is 2.94. The molecule has 0 unspecified atom stereocenters. The fourth-order valence-electron chi connectivity index (χ4n) is 3.94. The lowest BCUT2D eigenvalue weighted by molar-refractivity contribution is -0.00347. The van der Waals surface area contributed by atoms with Gasteiger partial charge in [-0.2, -0.15) is 0 Å². The second kappa shape index (κ2) is 4.78. The fraction of sp³-hybridized carbons (Fsp3) is 0.316. The Bertz CT molecular complexity index is 864. The van der Waals surface area contributed by atoms with Crippen molar-refractivity contribution in [3.05, 3.63) is 64.2 Å². The Morgan fingerprint density at radius 2 is 1.78 bits per heavy atom. The first-order valence-corrected chi connectivity index (χ1v) is 8.99. The van der Waals surface area contributed by atoms with E-state index in [9.17, 15) is 4.21 Å². The third kappa shape index (κ3) is 1.88. The van der Waals surface area contributed by atoms with Gasteiger partial charge in [0.2, 0.25) is 0 Å². The zero-order valence-electron chi connectivity index (χ0n) is 13.7. The summed E-state index contributed by atoms with van der Waals surface area (Å²) in [5.41, 5.74) is 5.78. The SMILES string of the molecule is Cc1cc(C)c(C2=NO[C@]3(C)c4ccccc4[S@@](=O)[C@H]23)c(C)c1. The maximum atomic E-state index is 13.1. The lowest BCUT2D eigenvalue weighted by Crippen LogP contribution is -2.36. The predicted molar refractivity (Wildman–Crippen MR) is 92.3 cm³/mol. The number of fused-ring (bicyclic) bond motifs is 3. The monoisotopic (exact) mass is 325 g/mol. The van der Waals surface area contributed by atoms with E-state index in [1.54, 1.807) is 0 Å². The normalized spacial score (nSPS) is 28.1. The van der Waals surface area contributed by atoms with Crippen molar-refractivity contribution in [2.75, 3.05) is 0 Å². The van der Waals surface area contributed by atoms with Gasteiger partial charge in [-0.15, -0.1) is 0 Å². The van der Waals surface area contributed by atoms with Gasteiger partial charge in [-0.05, 0) is 44.9 Å². The predicted octanol–water partition coefficient (Wildman–Crippen LogP) is 3.75. The van der Waals surface area contributed by atoms with Crippen LogP contribution in [0.5, 0.6) is 0 Å². The molecule has 0 amide bonds. The van der Waals surface area contributed by atoms with Crippen molar-refractivity contribution in [3.8, 4) is 0 Å². The molecule has 0 aromatic heterocycles. The molecule has 0 N–H and O–H groups in total. The second-order valence-corrected chi connectivity index (χ2v) is 8.13. The van der Waals surface area contributed by atoms with Crippen molar-refractivity contribution in [2.24, 2.45) is 5.16 Å². The summed E-state index contributed by atoms with van der Waals surface area (Å²) in [5.74, 6) is 0. The molecule has 3 nitrogen and oxygen atoms in total. The number of hydrogen-bond acceptors (Lipinski definition) is 3. The lowest BCUT2D eigenvalue weighted by atomic mass is 9.86. The van der Waals surface area contributed by atoms with Crippen LogP contribution in [0.2, 0.25) is 0 Å². The Morgan fingerprint density at radius 3 is 2.48 bits per heavy atom. The van der Waals surface area contributed by atoms with Crippen LogP contribution in [-0.2, 0) is 21.2 Å². The minimum atomic E-state index is -1.15. The van der Waals surface area contributed by atoms with Crippen molar-refractivity contribution in [1.82, 2.24) is 0 Å². The van der Waals surface area contributed by atoms with E-state index in [1.165, 1.54) is 5.56 Å². The molecular weight excluding hydrogens is 306 g/mol. The molecular formula is C19H19NO2S. The van der Waals surface area contributed by atoms with Gasteiger partial charge in [-0.1, -0.05) is 41.1 Å². The highest BCUT2D eigenvalue weighted by atomic mass is 32.2. The molecule has 0 bridgehead atoms. The summed E-state index contributed by atoms with van der Waals surface area (Å²) in [6.07, 6.45) is 0. The van der Waals surface area contributed by atoms with Crippen molar-refractivity contribution in [1.29, 1.82) is 0 Å². The fourth-order valence-corrected chi connectivity index (χ4v) is 5.83. The van der Waals surface area contributed by atoms with E-state index >= 15 is 0 Å². The zero-order chi connectivity index (χ0) is 16.4. The third-order valence-electron chi connectivity index (χ3n) is 4.87. The average molecular weight is 325 g/mol. The topological polar surface area (TPSA) is 38.7 Å². The van der Waals surface area contributed by atoms with Crippen LogP contribution < -0.4 is 0 Å². The van der Waals surface area contributed by atoms with Gasteiger partial charge in [0.15, 0.2) is 5.60 Å². The summed E-state index contributed by atoms with van der Waals surface area (Å²) in [6.45, 7) is 8.25. The molecule has 2 heterocycles. The number of oxime groups is 1. The molecule has 0 radical (unpaired) electrons. The van der Waals surface area contributed by atoms with Crippen LogP contribution in [0.3, 0.4) is 0 Å². The lowest BCUT2D eigenvalue weighted by Gasteiger charge is -2.22. The quantitative estimate of drug-likeness (QED) is 0.801. The second-order valence-electron chi connectivity index (χ2n) is 6.62. The standard InChI is InChI=1S/C19H19NO2S/c1-11-9-12(2)16(13(3)10-11)17-18-19(4,22-20-17)14-7-5-6-8-15(14)23(18)21/h5-10,18H,1-4H3/t18-,19-,23-/m1/s1. The number of rotatable bonds is 1. The first-order chi connectivity index (χ1) is 10.9. The van der Waals surface area contributed by atoms with E-state index in [1.807, 2.05) is 31.2 Å². The summed E-state index contributed by atoms with van der Waals surface area (Å²) < 4.78 is 13.1. The molecule has 0 spiro atoms. The molecule has 2 aliphatic rings. The molecule has 4 heteroatoms. The molecule has 4 rings (SSSR count). The highest BCUT2D eigenvalue weighted by Gasteiger charge is 2.57. The van der Waals surface area contributed by atoms with E-state index in [0.29, 0.717) is 0 Å². The Balaban J connectivity index is 1.89. The minimum absolute atomic E-state index is 0.250. The van der Waals surface area contributed by atoms with Crippen molar-refractivity contribution in [2.45, 2.75) is 43.4 Å². The summed E-state index contributed by atoms with van der Waals surface area (Å²) in [4.78, 5) is 6.73. The van der Waals surface area contributed by atoms with Gasteiger partial charge in [0.05, 0.1) is 10.8 Å². The molecule has 0 saturated carbocycles. The van der Waals surface area contributed by atoms with Crippen LogP contribution in [0.15, 0.2) is 46.4 Å². The van der Waals surface area contributed by atoms with E-state index in [0.717, 1.165) is 32.9 Å². The summed E-state index contributed by atoms with van der Waals surface area (Å²) in [6, 6.07) is 12.1. The van der Waals surface area contributed by atoms with Crippen molar-refractivity contribution >= 4 is 16.5 Å². The Labute approximate surface area is 138 Å². The van der Waals surface area contributed by atoms with Crippen LogP contribution in [0.1, 0.15) is 34.7 Å². The molecule has 0 saturated heterocycles.